The summed E-state index contributed by atoms with van der Waals surface area (Å²) < 4.78 is 19.2. The van der Waals surface area contributed by atoms with E-state index in [1.54, 1.807) is 26.1 Å². The zero-order valence-corrected chi connectivity index (χ0v) is 18.7. The molecular formula is C22H24FN5O3S. The number of halogens is 1. The zero-order chi connectivity index (χ0) is 22.8. The highest BCUT2D eigenvalue weighted by molar-refractivity contribution is 7.11. The number of aryl methyl sites for hydroxylation is 1. The number of nitrogens with two attached hydrogens (primary N) is 1. The van der Waals surface area contributed by atoms with Gasteiger partial charge in [0.15, 0.2) is 10.8 Å². The second-order valence-electron chi connectivity index (χ2n) is 7.60. The maximum Gasteiger partial charge on any atom is 0.338 e. The molecule has 3 heterocycles. The summed E-state index contributed by atoms with van der Waals surface area (Å²) in [6.07, 6.45) is 1.70. The van der Waals surface area contributed by atoms with Crippen LogP contribution in [-0.2, 0) is 14.3 Å². The molecule has 0 radical (unpaired) electrons. The molecule has 1 amide bonds. The number of amidine groups is 1. The summed E-state index contributed by atoms with van der Waals surface area (Å²) in [6.45, 7) is 5.24. The van der Waals surface area contributed by atoms with E-state index in [4.69, 9.17) is 15.5 Å². The van der Waals surface area contributed by atoms with Gasteiger partial charge < -0.3 is 15.4 Å². The predicted molar refractivity (Wildman–Crippen MR) is 119 cm³/mol. The van der Waals surface area contributed by atoms with Crippen molar-refractivity contribution in [3.8, 4) is 0 Å². The van der Waals surface area contributed by atoms with Crippen molar-refractivity contribution in [1.82, 2.24) is 14.8 Å². The summed E-state index contributed by atoms with van der Waals surface area (Å²) in [4.78, 5) is 37.9. The minimum Gasteiger partial charge on any atom is -0.463 e. The highest BCUT2D eigenvalue weighted by atomic mass is 32.1. The minimum absolute atomic E-state index is 0.0808. The van der Waals surface area contributed by atoms with E-state index in [1.807, 2.05) is 15.2 Å². The van der Waals surface area contributed by atoms with Gasteiger partial charge >= 0.3 is 5.97 Å². The van der Waals surface area contributed by atoms with E-state index in [9.17, 15) is 14.0 Å². The Labute approximate surface area is 189 Å². The monoisotopic (exact) mass is 457 g/mol. The summed E-state index contributed by atoms with van der Waals surface area (Å²) >= 11 is 1.45. The molecule has 1 atom stereocenters. The molecule has 32 heavy (non-hydrogen) atoms. The first-order valence-corrected chi connectivity index (χ1v) is 11.2. The minimum atomic E-state index is -0.687. The summed E-state index contributed by atoms with van der Waals surface area (Å²) in [7, 11) is 0. The van der Waals surface area contributed by atoms with E-state index in [1.165, 1.54) is 23.5 Å². The van der Waals surface area contributed by atoms with Crippen LogP contribution in [0.15, 0.2) is 46.0 Å². The van der Waals surface area contributed by atoms with Gasteiger partial charge in [0.2, 0.25) is 5.91 Å². The number of carbonyl (C=O) groups excluding carboxylic acids is 2. The van der Waals surface area contributed by atoms with Gasteiger partial charge in [-0.15, -0.1) is 11.3 Å². The number of piperazine rings is 1. The number of carbonyl (C=O) groups is 2. The fraction of sp³-hybridized carbons (Fsp3) is 0.364. The molecule has 8 nitrogen and oxygen atoms in total. The Balaban J connectivity index is 1.89. The van der Waals surface area contributed by atoms with E-state index in [0.717, 1.165) is 5.01 Å². The zero-order valence-electron chi connectivity index (χ0n) is 17.9. The van der Waals surface area contributed by atoms with E-state index < -0.39 is 17.9 Å². The standard InChI is InChI=1S/C22H24FN5O3S/c1-3-31-22(30)18-16-11-27(12-17(24)29)7-8-28(16)20(21-25-6-9-32-21)26-19(18)15-5-4-14(23)10-13(15)2/h4-6,9-10,19H,3,7-8,11-12H2,1-2H3,(H2,24,29). The van der Waals surface area contributed by atoms with Crippen LogP contribution in [0.5, 0.6) is 0 Å². The molecule has 2 aromatic rings. The highest BCUT2D eigenvalue weighted by Gasteiger charge is 2.40. The number of hydrogen-bond acceptors (Lipinski definition) is 8. The van der Waals surface area contributed by atoms with Crippen LogP contribution < -0.4 is 5.73 Å². The average Bonchev–Trinajstić information content (AvgIpc) is 3.27. The molecule has 1 saturated heterocycles. The number of aliphatic imine (C=N–C) groups is 1. The van der Waals surface area contributed by atoms with Gasteiger partial charge in [-0.3, -0.25) is 14.7 Å². The van der Waals surface area contributed by atoms with Crippen LogP contribution in [0, 0.1) is 12.7 Å². The molecule has 1 unspecified atom stereocenters. The van der Waals surface area contributed by atoms with Crippen molar-refractivity contribution in [3.63, 3.8) is 0 Å². The lowest BCUT2D eigenvalue weighted by atomic mass is 9.91. The van der Waals surface area contributed by atoms with Gasteiger partial charge in [0.25, 0.3) is 0 Å². The van der Waals surface area contributed by atoms with Crippen molar-refractivity contribution in [2.45, 2.75) is 19.9 Å². The van der Waals surface area contributed by atoms with Gasteiger partial charge in [-0.05, 0) is 37.1 Å². The second-order valence-corrected chi connectivity index (χ2v) is 8.50. The Morgan fingerprint density at radius 3 is 2.81 bits per heavy atom. The molecule has 0 spiro atoms. The molecule has 2 aliphatic heterocycles. The first-order chi connectivity index (χ1) is 15.4. The van der Waals surface area contributed by atoms with Crippen LogP contribution in [0.3, 0.4) is 0 Å². The molecule has 2 N–H and O–H groups in total. The molecule has 0 aliphatic carbocycles. The quantitative estimate of drug-likeness (QED) is 0.666. The van der Waals surface area contributed by atoms with E-state index in [-0.39, 0.29) is 19.0 Å². The molecule has 10 heteroatoms. The van der Waals surface area contributed by atoms with Crippen molar-refractivity contribution >= 4 is 29.0 Å². The number of fused-ring (bicyclic) bond motifs is 1. The van der Waals surface area contributed by atoms with Crippen molar-refractivity contribution < 1.29 is 18.7 Å². The number of thiazole rings is 1. The van der Waals surface area contributed by atoms with E-state index in [2.05, 4.69) is 4.98 Å². The lowest BCUT2D eigenvalue weighted by Crippen LogP contribution is -2.52. The molecule has 0 saturated carbocycles. The topological polar surface area (TPSA) is 101 Å². The van der Waals surface area contributed by atoms with Gasteiger partial charge in [-0.1, -0.05) is 6.07 Å². The number of ether oxygens (including phenoxy) is 1. The smallest absolute Gasteiger partial charge is 0.338 e. The van der Waals surface area contributed by atoms with Crippen LogP contribution >= 0.6 is 11.3 Å². The third kappa shape index (κ3) is 4.28. The van der Waals surface area contributed by atoms with Gasteiger partial charge in [0.05, 0.1) is 18.7 Å². The van der Waals surface area contributed by atoms with Crippen LogP contribution in [0.2, 0.25) is 0 Å². The van der Waals surface area contributed by atoms with Crippen LogP contribution in [-0.4, -0.2) is 65.3 Å². The lowest BCUT2D eigenvalue weighted by Gasteiger charge is -2.42. The molecule has 1 aromatic heterocycles. The number of hydrogen-bond donors (Lipinski definition) is 1. The third-order valence-corrected chi connectivity index (χ3v) is 6.22. The Kier molecular flexibility index (Phi) is 6.33. The highest BCUT2D eigenvalue weighted by Crippen LogP contribution is 2.39. The lowest BCUT2D eigenvalue weighted by molar-refractivity contribution is -0.139. The van der Waals surface area contributed by atoms with E-state index in [0.29, 0.717) is 47.9 Å². The molecule has 4 rings (SSSR count). The van der Waals surface area contributed by atoms with Gasteiger partial charge in [-0.25, -0.2) is 14.2 Å². The van der Waals surface area contributed by atoms with Crippen molar-refractivity contribution in [3.05, 3.63) is 63.0 Å². The Morgan fingerprint density at radius 2 is 2.16 bits per heavy atom. The average molecular weight is 458 g/mol. The normalized spacial score (nSPS) is 18.9. The third-order valence-electron chi connectivity index (χ3n) is 5.46. The number of nitrogens with zero attached hydrogens (tertiary/aromatic N) is 4. The van der Waals surface area contributed by atoms with Gasteiger partial charge in [0, 0.05) is 36.9 Å². The molecule has 0 bridgehead atoms. The number of esters is 1. The number of rotatable bonds is 6. The maximum atomic E-state index is 13.8. The number of amides is 1. The fourth-order valence-electron chi connectivity index (χ4n) is 4.10. The van der Waals surface area contributed by atoms with Gasteiger partial charge in [0.1, 0.15) is 11.9 Å². The van der Waals surface area contributed by atoms with Crippen LogP contribution in [0.4, 0.5) is 4.39 Å². The number of aromatic nitrogens is 1. The molecule has 168 valence electrons. The van der Waals surface area contributed by atoms with Crippen molar-refractivity contribution in [2.24, 2.45) is 10.7 Å². The van der Waals surface area contributed by atoms with Gasteiger partial charge in [-0.2, -0.15) is 0 Å². The number of benzene rings is 1. The first-order valence-electron chi connectivity index (χ1n) is 10.3. The summed E-state index contributed by atoms with van der Waals surface area (Å²) in [5.74, 6) is -0.629. The molecular weight excluding hydrogens is 433 g/mol. The predicted octanol–water partition coefficient (Wildman–Crippen LogP) is 2.01. The Hall–Kier alpha value is -3.11. The van der Waals surface area contributed by atoms with Crippen molar-refractivity contribution in [1.29, 1.82) is 0 Å². The summed E-state index contributed by atoms with van der Waals surface area (Å²) in [6, 6.07) is 3.75. The Bertz CT molecular complexity index is 1100. The maximum absolute atomic E-state index is 13.8. The largest absolute Gasteiger partial charge is 0.463 e. The molecule has 2 aliphatic rings. The van der Waals surface area contributed by atoms with Crippen molar-refractivity contribution in [2.75, 3.05) is 32.8 Å². The molecule has 1 fully saturated rings. The summed E-state index contributed by atoms with van der Waals surface area (Å²) in [5, 5.41) is 2.59. The summed E-state index contributed by atoms with van der Waals surface area (Å²) in [5.41, 5.74) is 7.89. The Morgan fingerprint density at radius 1 is 1.34 bits per heavy atom. The fourth-order valence-corrected chi connectivity index (χ4v) is 4.74. The van der Waals surface area contributed by atoms with E-state index >= 15 is 0 Å². The van der Waals surface area contributed by atoms with Crippen LogP contribution in [0.25, 0.3) is 0 Å². The number of primary amides is 1. The SMILES string of the molecule is CCOC(=O)C1=C2CN(CC(N)=O)CCN2C(c2nccs2)=NC1c1ccc(F)cc1C. The van der Waals surface area contributed by atoms with Crippen LogP contribution in [0.1, 0.15) is 29.1 Å². The molecule has 1 aromatic carbocycles. The first kappa shape index (κ1) is 22.1. The second kappa shape index (κ2) is 9.17.